The molecule has 110 valence electrons. The predicted octanol–water partition coefficient (Wildman–Crippen LogP) is 2.12. The number of nitrogens with zero attached hydrogens (tertiary/aromatic N) is 3. The highest BCUT2D eigenvalue weighted by Gasteiger charge is 2.34. The molecule has 0 atom stereocenters. The Kier molecular flexibility index (Phi) is 4.05. The van der Waals surface area contributed by atoms with Crippen molar-refractivity contribution in [1.82, 2.24) is 9.88 Å². The fraction of sp³-hybridized carbons (Fsp3) is 0.562. The number of ether oxygens (including phenoxy) is 1. The molecule has 1 aromatic heterocycles. The van der Waals surface area contributed by atoms with E-state index >= 15 is 0 Å². The lowest BCUT2D eigenvalue weighted by molar-refractivity contribution is -0.141. The van der Waals surface area contributed by atoms with Gasteiger partial charge in [-0.2, -0.15) is 5.26 Å². The Labute approximate surface area is 124 Å². The summed E-state index contributed by atoms with van der Waals surface area (Å²) in [6.07, 6.45) is 7.16. The van der Waals surface area contributed by atoms with E-state index in [1.807, 2.05) is 4.90 Å². The third-order valence-electron chi connectivity index (χ3n) is 4.31. The van der Waals surface area contributed by atoms with Crippen LogP contribution in [0.15, 0.2) is 18.3 Å². The average Bonchev–Trinajstić information content (AvgIpc) is 2.95. The average molecular weight is 285 g/mol. The topological polar surface area (TPSA) is 66.2 Å². The molecule has 0 spiro atoms. The number of carbonyl (C=O) groups excluding carboxylic acids is 1. The maximum Gasteiger partial charge on any atom is 0.232 e. The smallest absolute Gasteiger partial charge is 0.232 e. The number of likely N-dealkylation sites (tertiary alicyclic amines) is 1. The molecule has 5 heteroatoms. The molecule has 1 saturated carbocycles. The molecular formula is C16H19N3O2. The summed E-state index contributed by atoms with van der Waals surface area (Å²) in [6.45, 7) is 1.21. The lowest BCUT2D eigenvalue weighted by Gasteiger charge is -2.39. The molecule has 5 nitrogen and oxygen atoms in total. The van der Waals surface area contributed by atoms with E-state index in [1.54, 1.807) is 18.3 Å². The second kappa shape index (κ2) is 6.13. The minimum atomic E-state index is -0.0421. The highest BCUT2D eigenvalue weighted by molar-refractivity contribution is 5.77. The van der Waals surface area contributed by atoms with Gasteiger partial charge in [-0.1, -0.05) is 12.8 Å². The Morgan fingerprint density at radius 2 is 2.19 bits per heavy atom. The molecule has 1 aliphatic carbocycles. The zero-order chi connectivity index (χ0) is 14.7. The van der Waals surface area contributed by atoms with Crippen molar-refractivity contribution in [2.75, 3.05) is 13.1 Å². The molecule has 1 aromatic rings. The van der Waals surface area contributed by atoms with Crippen molar-refractivity contribution in [2.24, 2.45) is 5.92 Å². The largest absolute Gasteiger partial charge is 0.470 e. The summed E-state index contributed by atoms with van der Waals surface area (Å²) >= 11 is 0. The van der Waals surface area contributed by atoms with Crippen LogP contribution in [-0.4, -0.2) is 35.0 Å². The normalized spacial score (nSPS) is 19.1. The highest BCUT2D eigenvalue weighted by atomic mass is 16.5. The van der Waals surface area contributed by atoms with E-state index in [-0.39, 0.29) is 12.0 Å². The van der Waals surface area contributed by atoms with Gasteiger partial charge in [0.25, 0.3) is 0 Å². The van der Waals surface area contributed by atoms with Gasteiger partial charge in [0.05, 0.1) is 13.1 Å². The first-order valence-electron chi connectivity index (χ1n) is 7.56. The van der Waals surface area contributed by atoms with Crippen LogP contribution in [0.3, 0.4) is 0 Å². The Bertz CT molecular complexity index is 555. The van der Waals surface area contributed by atoms with Gasteiger partial charge in [-0.05, 0) is 30.9 Å². The van der Waals surface area contributed by atoms with Crippen LogP contribution in [0.1, 0.15) is 37.7 Å². The number of nitriles is 1. The van der Waals surface area contributed by atoms with Gasteiger partial charge in [0.1, 0.15) is 17.7 Å². The number of hydrogen-bond acceptors (Lipinski definition) is 4. The van der Waals surface area contributed by atoms with Crippen molar-refractivity contribution in [3.8, 4) is 11.9 Å². The van der Waals surface area contributed by atoms with Crippen LogP contribution in [0, 0.1) is 17.2 Å². The summed E-state index contributed by atoms with van der Waals surface area (Å²) < 4.78 is 5.70. The van der Waals surface area contributed by atoms with Crippen LogP contribution in [-0.2, 0) is 4.79 Å². The molecule has 3 rings (SSSR count). The third kappa shape index (κ3) is 3.15. The predicted molar refractivity (Wildman–Crippen MR) is 76.5 cm³/mol. The molecule has 0 radical (unpaired) electrons. The summed E-state index contributed by atoms with van der Waals surface area (Å²) in [5, 5.41) is 8.99. The number of pyridine rings is 1. The summed E-state index contributed by atoms with van der Waals surface area (Å²) in [4.78, 5) is 18.0. The van der Waals surface area contributed by atoms with Gasteiger partial charge in [0.15, 0.2) is 0 Å². The molecule has 0 aromatic carbocycles. The molecule has 0 N–H and O–H groups in total. The highest BCUT2D eigenvalue weighted by Crippen LogP contribution is 2.29. The first-order chi connectivity index (χ1) is 10.3. The van der Waals surface area contributed by atoms with E-state index in [1.165, 1.54) is 25.7 Å². The number of hydrogen-bond donors (Lipinski definition) is 0. The summed E-state index contributed by atoms with van der Waals surface area (Å²) in [5.41, 5.74) is 0.438. The van der Waals surface area contributed by atoms with Gasteiger partial charge in [-0.25, -0.2) is 4.98 Å². The molecule has 2 aliphatic rings. The molecule has 2 fully saturated rings. The Morgan fingerprint density at radius 1 is 1.43 bits per heavy atom. The van der Waals surface area contributed by atoms with Crippen molar-refractivity contribution in [3.63, 3.8) is 0 Å². The van der Waals surface area contributed by atoms with Crippen molar-refractivity contribution >= 4 is 5.91 Å². The molecular weight excluding hydrogens is 266 g/mol. The SMILES string of the molecule is N#Cc1cccnc1OC1CN(C(=O)CC2CCCC2)C1. The van der Waals surface area contributed by atoms with Gasteiger partial charge in [-0.3, -0.25) is 4.79 Å². The van der Waals surface area contributed by atoms with Crippen LogP contribution >= 0.6 is 0 Å². The van der Waals surface area contributed by atoms with Crippen LogP contribution in [0.4, 0.5) is 0 Å². The fourth-order valence-electron chi connectivity index (χ4n) is 3.03. The fourth-order valence-corrected chi connectivity index (χ4v) is 3.03. The van der Waals surface area contributed by atoms with E-state index in [0.29, 0.717) is 36.9 Å². The van der Waals surface area contributed by atoms with E-state index < -0.39 is 0 Å². The van der Waals surface area contributed by atoms with Gasteiger partial charge in [-0.15, -0.1) is 0 Å². The zero-order valence-electron chi connectivity index (χ0n) is 12.0. The summed E-state index contributed by atoms with van der Waals surface area (Å²) in [5.74, 6) is 1.19. The maximum atomic E-state index is 12.1. The minimum Gasteiger partial charge on any atom is -0.470 e. The molecule has 2 heterocycles. The monoisotopic (exact) mass is 285 g/mol. The maximum absolute atomic E-state index is 12.1. The molecule has 21 heavy (non-hydrogen) atoms. The molecule has 1 saturated heterocycles. The first-order valence-corrected chi connectivity index (χ1v) is 7.56. The summed E-state index contributed by atoms with van der Waals surface area (Å²) in [7, 11) is 0. The molecule has 1 amide bonds. The second-order valence-corrected chi connectivity index (χ2v) is 5.86. The first kappa shape index (κ1) is 13.9. The lowest BCUT2D eigenvalue weighted by atomic mass is 10.0. The lowest BCUT2D eigenvalue weighted by Crippen LogP contribution is -2.56. The molecule has 0 unspecified atom stereocenters. The third-order valence-corrected chi connectivity index (χ3v) is 4.31. The number of amides is 1. The van der Waals surface area contributed by atoms with Crippen LogP contribution < -0.4 is 4.74 Å². The van der Waals surface area contributed by atoms with Gasteiger partial charge in [0.2, 0.25) is 11.8 Å². The van der Waals surface area contributed by atoms with E-state index in [2.05, 4.69) is 11.1 Å². The van der Waals surface area contributed by atoms with Gasteiger partial charge < -0.3 is 9.64 Å². The second-order valence-electron chi connectivity index (χ2n) is 5.86. The van der Waals surface area contributed by atoms with Crippen molar-refractivity contribution in [1.29, 1.82) is 5.26 Å². The van der Waals surface area contributed by atoms with E-state index in [9.17, 15) is 4.79 Å². The standard InChI is InChI=1S/C16H19N3O2/c17-9-13-6-3-7-18-16(13)21-14-10-19(11-14)15(20)8-12-4-1-2-5-12/h3,6-7,12,14H,1-2,4-5,8,10-11H2. The minimum absolute atomic E-state index is 0.0421. The summed E-state index contributed by atoms with van der Waals surface area (Å²) in [6, 6.07) is 5.46. The van der Waals surface area contributed by atoms with Crippen molar-refractivity contribution in [3.05, 3.63) is 23.9 Å². The number of rotatable bonds is 4. The van der Waals surface area contributed by atoms with Crippen molar-refractivity contribution < 1.29 is 9.53 Å². The van der Waals surface area contributed by atoms with Crippen LogP contribution in [0.2, 0.25) is 0 Å². The van der Waals surface area contributed by atoms with Crippen LogP contribution in [0.5, 0.6) is 5.88 Å². The number of aromatic nitrogens is 1. The van der Waals surface area contributed by atoms with Crippen molar-refractivity contribution in [2.45, 2.75) is 38.2 Å². The van der Waals surface area contributed by atoms with Gasteiger partial charge in [0, 0.05) is 12.6 Å². The quantitative estimate of drug-likeness (QED) is 0.850. The van der Waals surface area contributed by atoms with E-state index in [0.717, 1.165) is 0 Å². The zero-order valence-corrected chi connectivity index (χ0v) is 12.0. The number of carbonyl (C=O) groups is 1. The Hall–Kier alpha value is -2.09. The Balaban J connectivity index is 1.47. The molecule has 0 bridgehead atoms. The Morgan fingerprint density at radius 3 is 2.90 bits per heavy atom. The van der Waals surface area contributed by atoms with Gasteiger partial charge >= 0.3 is 0 Å². The van der Waals surface area contributed by atoms with Crippen LogP contribution in [0.25, 0.3) is 0 Å². The molecule has 1 aliphatic heterocycles. The van der Waals surface area contributed by atoms with E-state index in [4.69, 9.17) is 10.00 Å².